The van der Waals surface area contributed by atoms with Gasteiger partial charge in [-0.25, -0.2) is 0 Å². The minimum absolute atomic E-state index is 0.237. The van der Waals surface area contributed by atoms with Gasteiger partial charge in [0.05, 0.1) is 6.61 Å². The number of ether oxygens (including phenoxy) is 1. The van der Waals surface area contributed by atoms with Crippen molar-refractivity contribution < 1.29 is 9.53 Å². The van der Waals surface area contributed by atoms with E-state index in [2.05, 4.69) is 15.6 Å². The van der Waals surface area contributed by atoms with E-state index in [0.717, 1.165) is 18.0 Å². The minimum Gasteiger partial charge on any atom is -0.494 e. The first-order valence-corrected chi connectivity index (χ1v) is 6.97. The van der Waals surface area contributed by atoms with Crippen LogP contribution in [-0.2, 0) is 0 Å². The fourth-order valence-electron chi connectivity index (χ4n) is 1.87. The monoisotopic (exact) mass is 285 g/mol. The maximum Gasteiger partial charge on any atom is 0.274 e. The molecule has 0 bridgehead atoms. The molecule has 0 aliphatic heterocycles. The normalized spacial score (nSPS) is 10.0. The second-order valence-electron chi connectivity index (χ2n) is 4.37. The van der Waals surface area contributed by atoms with Crippen LogP contribution in [0.3, 0.4) is 0 Å². The fourth-order valence-corrected chi connectivity index (χ4v) is 1.87. The molecule has 5 heteroatoms. The molecule has 0 saturated heterocycles. The molecule has 1 aromatic heterocycles. The zero-order valence-electron chi connectivity index (χ0n) is 12.2. The summed E-state index contributed by atoms with van der Waals surface area (Å²) in [5.74, 6) is 0.543. The van der Waals surface area contributed by atoms with Gasteiger partial charge in [0.2, 0.25) is 0 Å². The molecule has 110 valence electrons. The Bertz CT molecular complexity index is 597. The first-order chi connectivity index (χ1) is 10.2. The molecule has 2 aromatic rings. The Morgan fingerprint density at radius 2 is 1.90 bits per heavy atom. The van der Waals surface area contributed by atoms with Crippen LogP contribution in [0.4, 0.5) is 11.4 Å². The van der Waals surface area contributed by atoms with Crippen LogP contribution < -0.4 is 15.4 Å². The van der Waals surface area contributed by atoms with Gasteiger partial charge in [0.1, 0.15) is 11.4 Å². The highest BCUT2D eigenvalue weighted by atomic mass is 16.5. The van der Waals surface area contributed by atoms with Gasteiger partial charge in [0.15, 0.2) is 0 Å². The number of benzene rings is 1. The van der Waals surface area contributed by atoms with E-state index >= 15 is 0 Å². The summed E-state index contributed by atoms with van der Waals surface area (Å²) >= 11 is 0. The van der Waals surface area contributed by atoms with Crippen molar-refractivity contribution in [2.24, 2.45) is 0 Å². The van der Waals surface area contributed by atoms with E-state index < -0.39 is 0 Å². The predicted molar refractivity (Wildman–Crippen MR) is 84.0 cm³/mol. The summed E-state index contributed by atoms with van der Waals surface area (Å²) in [5.41, 5.74) is 1.96. The van der Waals surface area contributed by atoms with Crippen LogP contribution in [0, 0.1) is 0 Å². The Balaban J connectivity index is 2.05. The molecule has 0 aliphatic rings. The van der Waals surface area contributed by atoms with E-state index in [1.54, 1.807) is 24.4 Å². The van der Waals surface area contributed by atoms with Gasteiger partial charge in [-0.3, -0.25) is 9.78 Å². The number of amides is 1. The summed E-state index contributed by atoms with van der Waals surface area (Å²) in [6.45, 7) is 5.34. The second kappa shape index (κ2) is 7.28. The topological polar surface area (TPSA) is 63.2 Å². The highest BCUT2D eigenvalue weighted by molar-refractivity contribution is 6.03. The third kappa shape index (κ3) is 4.21. The zero-order chi connectivity index (χ0) is 15.1. The summed E-state index contributed by atoms with van der Waals surface area (Å²) in [5, 5.41) is 5.96. The van der Waals surface area contributed by atoms with Crippen molar-refractivity contribution in [3.8, 4) is 5.75 Å². The third-order valence-corrected chi connectivity index (χ3v) is 2.80. The predicted octanol–water partition coefficient (Wildman–Crippen LogP) is 3.16. The maximum absolute atomic E-state index is 12.1. The first kappa shape index (κ1) is 14.8. The Morgan fingerprint density at radius 1 is 1.14 bits per heavy atom. The van der Waals surface area contributed by atoms with Crippen LogP contribution in [0.2, 0.25) is 0 Å². The Morgan fingerprint density at radius 3 is 2.57 bits per heavy atom. The number of anilines is 2. The van der Waals surface area contributed by atoms with Gasteiger partial charge in [-0.1, -0.05) is 0 Å². The van der Waals surface area contributed by atoms with Crippen molar-refractivity contribution in [1.29, 1.82) is 0 Å². The van der Waals surface area contributed by atoms with Crippen LogP contribution in [0.25, 0.3) is 0 Å². The lowest BCUT2D eigenvalue weighted by Gasteiger charge is -2.08. The summed E-state index contributed by atoms with van der Waals surface area (Å²) in [7, 11) is 0. The number of hydrogen-bond donors (Lipinski definition) is 2. The van der Waals surface area contributed by atoms with E-state index in [1.807, 2.05) is 32.0 Å². The zero-order valence-corrected chi connectivity index (χ0v) is 12.2. The fraction of sp³-hybridized carbons (Fsp3) is 0.250. The van der Waals surface area contributed by atoms with E-state index in [9.17, 15) is 4.79 Å². The smallest absolute Gasteiger partial charge is 0.274 e. The highest BCUT2D eigenvalue weighted by Crippen LogP contribution is 2.16. The number of nitrogens with zero attached hydrogens (tertiary/aromatic N) is 1. The summed E-state index contributed by atoms with van der Waals surface area (Å²) < 4.78 is 5.36. The molecule has 5 nitrogen and oxygen atoms in total. The van der Waals surface area contributed by atoms with Crippen LogP contribution in [0.1, 0.15) is 24.3 Å². The van der Waals surface area contributed by atoms with E-state index in [4.69, 9.17) is 4.74 Å². The molecule has 2 N–H and O–H groups in total. The van der Waals surface area contributed by atoms with Crippen molar-refractivity contribution in [3.63, 3.8) is 0 Å². The van der Waals surface area contributed by atoms with Crippen molar-refractivity contribution in [1.82, 2.24) is 4.98 Å². The maximum atomic E-state index is 12.1. The van der Waals surface area contributed by atoms with Crippen LogP contribution in [0.5, 0.6) is 5.75 Å². The molecule has 1 amide bonds. The SMILES string of the molecule is CCNc1ccnc(C(=O)Nc2ccc(OCC)cc2)c1. The van der Waals surface area contributed by atoms with Gasteiger partial charge in [-0.2, -0.15) is 0 Å². The van der Waals surface area contributed by atoms with Gasteiger partial charge in [0, 0.05) is 24.1 Å². The number of nitrogens with one attached hydrogen (secondary N) is 2. The largest absolute Gasteiger partial charge is 0.494 e. The molecule has 0 saturated carbocycles. The lowest BCUT2D eigenvalue weighted by Crippen LogP contribution is -2.14. The quantitative estimate of drug-likeness (QED) is 0.855. The molecule has 1 heterocycles. The van der Waals surface area contributed by atoms with Crippen LogP contribution >= 0.6 is 0 Å². The lowest BCUT2D eigenvalue weighted by atomic mass is 10.2. The Labute approximate surface area is 124 Å². The molecule has 0 fully saturated rings. The van der Waals surface area contributed by atoms with Gasteiger partial charge >= 0.3 is 0 Å². The van der Waals surface area contributed by atoms with E-state index in [1.165, 1.54) is 0 Å². The molecule has 21 heavy (non-hydrogen) atoms. The Kier molecular flexibility index (Phi) is 5.15. The van der Waals surface area contributed by atoms with Crippen molar-refractivity contribution in [3.05, 3.63) is 48.3 Å². The van der Waals surface area contributed by atoms with Gasteiger partial charge in [-0.05, 0) is 50.2 Å². The first-order valence-electron chi connectivity index (χ1n) is 6.97. The molecule has 0 atom stereocenters. The standard InChI is InChI=1S/C16H19N3O2/c1-3-17-13-9-10-18-15(11-13)16(20)19-12-5-7-14(8-6-12)21-4-2/h5-11H,3-4H2,1-2H3,(H,17,18)(H,19,20). The molecule has 0 aliphatic carbocycles. The minimum atomic E-state index is -0.237. The number of hydrogen-bond acceptors (Lipinski definition) is 4. The number of aromatic nitrogens is 1. The van der Waals surface area contributed by atoms with E-state index in [-0.39, 0.29) is 5.91 Å². The summed E-state index contributed by atoms with van der Waals surface area (Å²) in [4.78, 5) is 16.2. The van der Waals surface area contributed by atoms with Crippen molar-refractivity contribution >= 4 is 17.3 Å². The molecular weight excluding hydrogens is 266 g/mol. The number of carbonyl (C=O) groups is 1. The highest BCUT2D eigenvalue weighted by Gasteiger charge is 2.08. The molecule has 1 aromatic carbocycles. The molecule has 0 spiro atoms. The van der Waals surface area contributed by atoms with Crippen LogP contribution in [-0.4, -0.2) is 24.0 Å². The summed E-state index contributed by atoms with van der Waals surface area (Å²) in [6.07, 6.45) is 1.62. The van der Waals surface area contributed by atoms with Crippen molar-refractivity contribution in [2.75, 3.05) is 23.8 Å². The lowest BCUT2D eigenvalue weighted by molar-refractivity contribution is 0.102. The third-order valence-electron chi connectivity index (χ3n) is 2.80. The Hall–Kier alpha value is -2.56. The van der Waals surface area contributed by atoms with Gasteiger partial charge < -0.3 is 15.4 Å². The van der Waals surface area contributed by atoms with Gasteiger partial charge in [-0.15, -0.1) is 0 Å². The molecule has 2 rings (SSSR count). The molecular formula is C16H19N3O2. The second-order valence-corrected chi connectivity index (χ2v) is 4.37. The number of rotatable bonds is 6. The molecule has 0 radical (unpaired) electrons. The number of pyridine rings is 1. The van der Waals surface area contributed by atoms with E-state index in [0.29, 0.717) is 18.0 Å². The van der Waals surface area contributed by atoms with Crippen molar-refractivity contribution in [2.45, 2.75) is 13.8 Å². The van der Waals surface area contributed by atoms with Crippen LogP contribution in [0.15, 0.2) is 42.6 Å². The number of carbonyl (C=O) groups excluding carboxylic acids is 1. The average molecular weight is 285 g/mol. The molecule has 0 unspecified atom stereocenters. The van der Waals surface area contributed by atoms with Gasteiger partial charge in [0.25, 0.3) is 5.91 Å². The average Bonchev–Trinajstić information content (AvgIpc) is 2.50. The summed E-state index contributed by atoms with van der Waals surface area (Å²) in [6, 6.07) is 10.8.